The first-order valence-corrected chi connectivity index (χ1v) is 15.7. The molecule has 1 atom stereocenters. The van der Waals surface area contributed by atoms with Crippen molar-refractivity contribution in [2.45, 2.75) is 76.2 Å². The Kier molecular flexibility index (Phi) is 11.3. The average Bonchev–Trinajstić information content (AvgIpc) is 3.06. The molecule has 0 radical (unpaired) electrons. The standard InChI is InChI=1S/C35H45N5O3/c1-43-35(42)29-15-12-26(13-16-29)22-36-24-33(28-8-4-2-5-9-28)38-31-18-20-40(21-19-31)25-27-14-17-32(37-23-27)34(41)39-30-10-6-3-7-11-30/h2,4-5,8-9,12-17,23,30-31,33,36,38H,3,6-7,10-11,18-22,24-25H2,1H3,(H,39,41). The summed E-state index contributed by atoms with van der Waals surface area (Å²) in [4.78, 5) is 31.3. The van der Waals surface area contributed by atoms with Gasteiger partial charge in [0.05, 0.1) is 12.7 Å². The summed E-state index contributed by atoms with van der Waals surface area (Å²) in [6, 6.07) is 23.0. The van der Waals surface area contributed by atoms with Crippen LogP contribution in [0.4, 0.5) is 0 Å². The normalized spacial score (nSPS) is 17.3. The number of piperidine rings is 1. The van der Waals surface area contributed by atoms with E-state index in [2.05, 4.69) is 56.2 Å². The number of ether oxygens (including phenoxy) is 1. The van der Waals surface area contributed by atoms with E-state index in [0.29, 0.717) is 23.3 Å². The van der Waals surface area contributed by atoms with Gasteiger partial charge in [-0.1, -0.05) is 67.8 Å². The van der Waals surface area contributed by atoms with Gasteiger partial charge >= 0.3 is 5.97 Å². The number of amides is 1. The van der Waals surface area contributed by atoms with Gasteiger partial charge in [-0.3, -0.25) is 14.7 Å². The molecule has 0 spiro atoms. The first-order valence-electron chi connectivity index (χ1n) is 15.7. The second kappa shape index (κ2) is 15.8. The number of nitrogens with one attached hydrogen (secondary N) is 3. The van der Waals surface area contributed by atoms with E-state index >= 15 is 0 Å². The van der Waals surface area contributed by atoms with Crippen molar-refractivity contribution in [3.8, 4) is 0 Å². The molecule has 228 valence electrons. The first kappa shape index (κ1) is 30.9. The minimum Gasteiger partial charge on any atom is -0.465 e. The lowest BCUT2D eigenvalue weighted by molar-refractivity contribution is 0.0600. The van der Waals surface area contributed by atoms with E-state index < -0.39 is 0 Å². The Balaban J connectivity index is 1.08. The second-order valence-electron chi connectivity index (χ2n) is 11.9. The number of rotatable bonds is 12. The first-order chi connectivity index (χ1) is 21.1. The molecule has 2 heterocycles. The summed E-state index contributed by atoms with van der Waals surface area (Å²) < 4.78 is 4.80. The lowest BCUT2D eigenvalue weighted by Gasteiger charge is -2.35. The number of pyridine rings is 1. The summed E-state index contributed by atoms with van der Waals surface area (Å²) in [5.41, 5.74) is 4.62. The Morgan fingerprint density at radius 1 is 0.884 bits per heavy atom. The van der Waals surface area contributed by atoms with Gasteiger partial charge in [-0.2, -0.15) is 0 Å². The highest BCUT2D eigenvalue weighted by Gasteiger charge is 2.23. The second-order valence-corrected chi connectivity index (χ2v) is 11.9. The lowest BCUT2D eigenvalue weighted by atomic mass is 9.95. The Morgan fingerprint density at radius 2 is 1.60 bits per heavy atom. The number of aromatic nitrogens is 1. The molecule has 2 aliphatic rings. The molecule has 1 aromatic heterocycles. The van der Waals surface area contributed by atoms with E-state index in [9.17, 15) is 9.59 Å². The molecule has 8 nitrogen and oxygen atoms in total. The Hall–Kier alpha value is -3.59. The van der Waals surface area contributed by atoms with Crippen LogP contribution in [0.2, 0.25) is 0 Å². The minimum absolute atomic E-state index is 0.0516. The largest absolute Gasteiger partial charge is 0.465 e. The van der Waals surface area contributed by atoms with E-state index in [1.54, 1.807) is 0 Å². The maximum Gasteiger partial charge on any atom is 0.337 e. The highest BCUT2D eigenvalue weighted by molar-refractivity contribution is 5.92. The molecule has 3 N–H and O–H groups in total. The number of methoxy groups -OCH3 is 1. The van der Waals surface area contributed by atoms with Gasteiger partial charge in [0, 0.05) is 44.0 Å². The Morgan fingerprint density at radius 3 is 2.28 bits per heavy atom. The molecule has 3 aromatic rings. The Bertz CT molecular complexity index is 1290. The summed E-state index contributed by atoms with van der Waals surface area (Å²) >= 11 is 0. The number of hydrogen-bond acceptors (Lipinski definition) is 7. The molecule has 1 amide bonds. The summed E-state index contributed by atoms with van der Waals surface area (Å²) in [6.07, 6.45) is 9.83. The molecule has 8 heteroatoms. The topological polar surface area (TPSA) is 95.6 Å². The van der Waals surface area contributed by atoms with Gasteiger partial charge in [0.1, 0.15) is 5.69 Å². The molecule has 2 aromatic carbocycles. The number of carbonyl (C=O) groups excluding carboxylic acids is 2. The van der Waals surface area contributed by atoms with Crippen LogP contribution in [0.25, 0.3) is 0 Å². The molecular weight excluding hydrogens is 538 g/mol. The summed E-state index contributed by atoms with van der Waals surface area (Å²) in [5.74, 6) is -0.369. The van der Waals surface area contributed by atoms with Gasteiger partial charge in [0.2, 0.25) is 0 Å². The third kappa shape index (κ3) is 9.20. The van der Waals surface area contributed by atoms with Gasteiger partial charge in [-0.15, -0.1) is 0 Å². The van der Waals surface area contributed by atoms with E-state index in [1.165, 1.54) is 31.9 Å². The van der Waals surface area contributed by atoms with Crippen LogP contribution in [-0.2, 0) is 17.8 Å². The lowest BCUT2D eigenvalue weighted by Crippen LogP contribution is -2.45. The zero-order valence-electron chi connectivity index (χ0n) is 25.3. The molecular formula is C35H45N5O3. The highest BCUT2D eigenvalue weighted by atomic mass is 16.5. The summed E-state index contributed by atoms with van der Waals surface area (Å²) in [6.45, 7) is 4.41. The third-order valence-electron chi connectivity index (χ3n) is 8.68. The fourth-order valence-corrected chi connectivity index (χ4v) is 6.15. The van der Waals surface area contributed by atoms with Gasteiger partial charge < -0.3 is 20.7 Å². The fourth-order valence-electron chi connectivity index (χ4n) is 6.15. The van der Waals surface area contributed by atoms with Crippen LogP contribution < -0.4 is 16.0 Å². The van der Waals surface area contributed by atoms with E-state index in [4.69, 9.17) is 4.74 Å². The highest BCUT2D eigenvalue weighted by Crippen LogP contribution is 2.20. The molecule has 1 unspecified atom stereocenters. The maximum absolute atomic E-state index is 12.6. The van der Waals surface area contributed by atoms with Crippen LogP contribution in [0.3, 0.4) is 0 Å². The van der Waals surface area contributed by atoms with Crippen molar-refractivity contribution in [2.75, 3.05) is 26.7 Å². The number of benzene rings is 2. The molecule has 1 saturated heterocycles. The zero-order chi connectivity index (χ0) is 29.9. The van der Waals surface area contributed by atoms with Crippen LogP contribution >= 0.6 is 0 Å². The number of nitrogens with zero attached hydrogens (tertiary/aromatic N) is 2. The van der Waals surface area contributed by atoms with Crippen molar-refractivity contribution < 1.29 is 14.3 Å². The molecule has 1 aliphatic carbocycles. The van der Waals surface area contributed by atoms with Crippen molar-refractivity contribution in [3.63, 3.8) is 0 Å². The van der Waals surface area contributed by atoms with Gasteiger partial charge in [0.25, 0.3) is 5.91 Å². The molecule has 0 bridgehead atoms. The van der Waals surface area contributed by atoms with E-state index in [-0.39, 0.29) is 17.9 Å². The molecule has 1 saturated carbocycles. The van der Waals surface area contributed by atoms with Crippen LogP contribution in [0.5, 0.6) is 0 Å². The average molecular weight is 584 g/mol. The Labute approximate surface area is 255 Å². The smallest absolute Gasteiger partial charge is 0.337 e. The minimum atomic E-state index is -0.317. The monoisotopic (exact) mass is 583 g/mol. The predicted molar refractivity (Wildman–Crippen MR) is 169 cm³/mol. The van der Waals surface area contributed by atoms with Crippen molar-refractivity contribution in [3.05, 3.63) is 101 Å². The zero-order valence-corrected chi connectivity index (χ0v) is 25.3. The van der Waals surface area contributed by atoms with E-state index in [0.717, 1.165) is 69.5 Å². The van der Waals surface area contributed by atoms with Crippen LogP contribution in [0.15, 0.2) is 72.9 Å². The number of likely N-dealkylation sites (tertiary alicyclic amines) is 1. The number of esters is 1. The van der Waals surface area contributed by atoms with Gasteiger partial charge in [0.15, 0.2) is 0 Å². The third-order valence-corrected chi connectivity index (χ3v) is 8.68. The van der Waals surface area contributed by atoms with Crippen LogP contribution in [-0.4, -0.2) is 60.6 Å². The molecule has 1 aliphatic heterocycles. The van der Waals surface area contributed by atoms with Gasteiger partial charge in [-0.05, 0) is 73.7 Å². The number of carbonyl (C=O) groups is 2. The summed E-state index contributed by atoms with van der Waals surface area (Å²) in [5, 5.41) is 10.7. The SMILES string of the molecule is COC(=O)c1ccc(CNCC(NC2CCN(Cc3ccc(C(=O)NC4CCCCC4)nc3)CC2)c2ccccc2)cc1. The van der Waals surface area contributed by atoms with Crippen molar-refractivity contribution in [2.24, 2.45) is 0 Å². The quantitative estimate of drug-likeness (QED) is 0.258. The van der Waals surface area contributed by atoms with Crippen molar-refractivity contribution in [1.82, 2.24) is 25.8 Å². The summed E-state index contributed by atoms with van der Waals surface area (Å²) in [7, 11) is 1.40. The number of hydrogen-bond donors (Lipinski definition) is 3. The molecule has 5 rings (SSSR count). The maximum atomic E-state index is 12.6. The van der Waals surface area contributed by atoms with Gasteiger partial charge in [-0.25, -0.2) is 4.79 Å². The molecule has 2 fully saturated rings. The van der Waals surface area contributed by atoms with Crippen LogP contribution in [0.1, 0.15) is 88.5 Å². The fraction of sp³-hybridized carbons (Fsp3) is 0.457. The van der Waals surface area contributed by atoms with Crippen molar-refractivity contribution in [1.29, 1.82) is 0 Å². The molecule has 43 heavy (non-hydrogen) atoms. The predicted octanol–water partition coefficient (Wildman–Crippen LogP) is 5.02. The van der Waals surface area contributed by atoms with Crippen LogP contribution in [0, 0.1) is 0 Å². The van der Waals surface area contributed by atoms with Crippen molar-refractivity contribution >= 4 is 11.9 Å². The van der Waals surface area contributed by atoms with E-state index in [1.807, 2.05) is 42.6 Å².